The Balaban J connectivity index is 1.23. The minimum Gasteiger partial charge on any atom is -0.407 e. The predicted molar refractivity (Wildman–Crippen MR) is 114 cm³/mol. The Labute approximate surface area is 177 Å². The molecule has 0 aromatic rings. The summed E-state index contributed by atoms with van der Waals surface area (Å²) in [4.78, 5) is 0. The lowest BCUT2D eigenvalue weighted by Crippen LogP contribution is -2.71. The number of hydrogen-bond acceptors (Lipinski definition) is 4. The van der Waals surface area contributed by atoms with Crippen molar-refractivity contribution in [3.63, 3.8) is 0 Å². The third kappa shape index (κ3) is 2.09. The molecular formula is C23H38B2O4. The van der Waals surface area contributed by atoms with Crippen molar-refractivity contribution < 1.29 is 18.6 Å². The van der Waals surface area contributed by atoms with E-state index in [1.54, 1.807) is 0 Å². The van der Waals surface area contributed by atoms with Gasteiger partial charge in [0.2, 0.25) is 0 Å². The first-order valence-corrected chi connectivity index (χ1v) is 12.1. The minimum absolute atomic E-state index is 0.165. The van der Waals surface area contributed by atoms with Gasteiger partial charge in [-0.1, -0.05) is 41.0 Å². The van der Waals surface area contributed by atoms with Gasteiger partial charge in [0.05, 0.1) is 23.4 Å². The van der Waals surface area contributed by atoms with E-state index in [0.29, 0.717) is 28.1 Å². The smallest absolute Gasteiger partial charge is 0.407 e. The van der Waals surface area contributed by atoms with E-state index in [0.717, 1.165) is 18.8 Å². The van der Waals surface area contributed by atoms with Crippen LogP contribution >= 0.6 is 0 Å². The highest BCUT2D eigenvalue weighted by molar-refractivity contribution is 7.11. The van der Waals surface area contributed by atoms with Crippen molar-refractivity contribution in [1.29, 1.82) is 0 Å². The van der Waals surface area contributed by atoms with E-state index in [-0.39, 0.29) is 37.4 Å². The van der Waals surface area contributed by atoms with Gasteiger partial charge in [0.25, 0.3) is 0 Å². The topological polar surface area (TPSA) is 36.9 Å². The van der Waals surface area contributed by atoms with Crippen LogP contribution in [0.2, 0.25) is 0 Å². The third-order valence-corrected chi connectivity index (χ3v) is 11.3. The fourth-order valence-corrected chi connectivity index (χ4v) is 9.11. The maximum absolute atomic E-state index is 6.73. The number of hydrogen-bond donors (Lipinski definition) is 0. The molecule has 4 nitrogen and oxygen atoms in total. The molecule has 0 aromatic carbocycles. The van der Waals surface area contributed by atoms with Crippen LogP contribution in [0.5, 0.6) is 0 Å². The van der Waals surface area contributed by atoms with E-state index in [2.05, 4.69) is 48.5 Å². The van der Waals surface area contributed by atoms with Crippen molar-refractivity contribution in [3.05, 3.63) is 0 Å². The van der Waals surface area contributed by atoms with Crippen LogP contribution in [-0.4, -0.2) is 37.4 Å². The molecule has 8 aliphatic rings. The first-order valence-electron chi connectivity index (χ1n) is 12.1. The molecule has 8 unspecified atom stereocenters. The van der Waals surface area contributed by atoms with Gasteiger partial charge in [-0.2, -0.15) is 0 Å². The molecule has 8 atom stereocenters. The molecule has 160 valence electrons. The fraction of sp³-hybridized carbons (Fsp3) is 1.00. The van der Waals surface area contributed by atoms with Crippen LogP contribution in [0.4, 0.5) is 0 Å². The Morgan fingerprint density at radius 1 is 0.793 bits per heavy atom. The van der Waals surface area contributed by atoms with Crippen LogP contribution in [-0.2, 0) is 18.6 Å². The normalized spacial score (nSPS) is 55.8. The zero-order valence-electron chi connectivity index (χ0n) is 19.4. The average Bonchev–Trinajstić information content (AvgIpc) is 3.17. The summed E-state index contributed by atoms with van der Waals surface area (Å²) in [5.41, 5.74) is 0.673. The fourth-order valence-electron chi connectivity index (χ4n) is 9.11. The van der Waals surface area contributed by atoms with Crippen LogP contribution in [0.25, 0.3) is 0 Å². The second-order valence-electron chi connectivity index (χ2n) is 12.8. The first-order chi connectivity index (χ1) is 13.5. The van der Waals surface area contributed by atoms with Crippen molar-refractivity contribution in [1.82, 2.24) is 0 Å². The zero-order chi connectivity index (χ0) is 20.6. The Hall–Kier alpha value is -0.0301. The van der Waals surface area contributed by atoms with E-state index in [1.165, 1.54) is 25.7 Å². The third-order valence-electron chi connectivity index (χ3n) is 11.3. The van der Waals surface area contributed by atoms with Gasteiger partial charge in [-0.05, 0) is 80.0 Å². The summed E-state index contributed by atoms with van der Waals surface area (Å²) in [7, 11) is -0.772. The lowest BCUT2D eigenvalue weighted by atomic mass is 9.35. The largest absolute Gasteiger partial charge is 0.488 e. The Morgan fingerprint density at radius 2 is 1.41 bits per heavy atom. The van der Waals surface area contributed by atoms with Crippen molar-refractivity contribution >= 4 is 14.0 Å². The zero-order valence-corrected chi connectivity index (χ0v) is 19.4. The molecule has 0 amide bonds. The molecule has 2 aliphatic heterocycles. The summed E-state index contributed by atoms with van der Waals surface area (Å²) in [6.45, 7) is 16.6. The van der Waals surface area contributed by atoms with Crippen LogP contribution < -0.4 is 0 Å². The first kappa shape index (κ1) is 19.6. The molecule has 0 aromatic heterocycles. The molecule has 8 rings (SSSR count). The van der Waals surface area contributed by atoms with Crippen LogP contribution in [0.15, 0.2) is 0 Å². The second-order valence-corrected chi connectivity index (χ2v) is 12.8. The summed E-state index contributed by atoms with van der Waals surface area (Å²) < 4.78 is 26.5. The molecule has 6 aliphatic carbocycles. The Morgan fingerprint density at radius 3 is 2.00 bits per heavy atom. The van der Waals surface area contributed by atoms with Gasteiger partial charge in [-0.25, -0.2) is 0 Å². The maximum Gasteiger partial charge on any atom is 0.488 e. The highest BCUT2D eigenvalue weighted by Gasteiger charge is 2.76. The molecule has 6 heteroatoms. The summed E-state index contributed by atoms with van der Waals surface area (Å²) in [6.07, 6.45) is 7.67. The standard InChI is InChI=1S/C23H38B2O4/c1-8-9-23-12-16(20(23,4)5)22(7)18(13-23)27-25(29-22)24-26-17-11-14-10-15(19(14,2)3)21(17,6)28-24/h14-18H,8-13H2,1-7H3. The highest BCUT2D eigenvalue weighted by Crippen LogP contribution is 2.74. The van der Waals surface area contributed by atoms with Crippen LogP contribution in [0, 0.1) is 34.0 Å². The van der Waals surface area contributed by atoms with Gasteiger partial charge in [0.1, 0.15) is 0 Å². The van der Waals surface area contributed by atoms with Gasteiger partial charge in [0, 0.05) is 0 Å². The molecule has 6 saturated carbocycles. The molecule has 0 N–H and O–H groups in total. The second kappa shape index (κ2) is 5.47. The van der Waals surface area contributed by atoms with E-state index in [1.807, 2.05) is 0 Å². The predicted octanol–water partition coefficient (Wildman–Crippen LogP) is 4.69. The highest BCUT2D eigenvalue weighted by atomic mass is 16.7. The minimum atomic E-state index is -0.387. The molecule has 2 saturated heterocycles. The molecule has 8 fully saturated rings. The summed E-state index contributed by atoms with van der Waals surface area (Å²) >= 11 is 0. The molecule has 29 heavy (non-hydrogen) atoms. The van der Waals surface area contributed by atoms with E-state index in [4.69, 9.17) is 18.6 Å². The summed E-state index contributed by atoms with van der Waals surface area (Å²) in [5, 5.41) is 0. The van der Waals surface area contributed by atoms with Crippen molar-refractivity contribution in [2.24, 2.45) is 34.0 Å². The van der Waals surface area contributed by atoms with Crippen molar-refractivity contribution in [2.75, 3.05) is 0 Å². The lowest BCUT2D eigenvalue weighted by molar-refractivity contribution is -0.260. The van der Waals surface area contributed by atoms with Gasteiger partial charge >= 0.3 is 14.0 Å². The van der Waals surface area contributed by atoms with Crippen LogP contribution in [0.1, 0.15) is 87.0 Å². The number of rotatable bonds is 3. The van der Waals surface area contributed by atoms with Gasteiger partial charge in [-0.15, -0.1) is 0 Å². The molecule has 4 bridgehead atoms. The SMILES string of the molecule is CCCC12CC3OB(B4OC5CC6CC(C6(C)C)C5(C)O4)OC3(C)C(C1)C2(C)C. The van der Waals surface area contributed by atoms with E-state index < -0.39 is 0 Å². The van der Waals surface area contributed by atoms with Gasteiger partial charge < -0.3 is 18.6 Å². The van der Waals surface area contributed by atoms with Crippen LogP contribution in [0.3, 0.4) is 0 Å². The van der Waals surface area contributed by atoms with Gasteiger partial charge in [-0.3, -0.25) is 0 Å². The summed E-state index contributed by atoms with van der Waals surface area (Å²) in [5.74, 6) is 1.89. The van der Waals surface area contributed by atoms with E-state index in [9.17, 15) is 0 Å². The van der Waals surface area contributed by atoms with Crippen molar-refractivity contribution in [2.45, 2.75) is 110 Å². The molecule has 0 spiro atoms. The van der Waals surface area contributed by atoms with E-state index >= 15 is 0 Å². The maximum atomic E-state index is 6.73. The van der Waals surface area contributed by atoms with Crippen molar-refractivity contribution in [3.8, 4) is 0 Å². The Kier molecular flexibility index (Phi) is 3.71. The molecule has 2 heterocycles. The molecular weight excluding hydrogens is 362 g/mol. The monoisotopic (exact) mass is 400 g/mol. The average molecular weight is 400 g/mol. The quantitative estimate of drug-likeness (QED) is 0.645. The molecule has 0 radical (unpaired) electrons. The summed E-state index contributed by atoms with van der Waals surface area (Å²) in [6, 6.07) is 0. The Bertz CT molecular complexity index is 742. The van der Waals surface area contributed by atoms with Gasteiger partial charge in [0.15, 0.2) is 0 Å². The lowest BCUT2D eigenvalue weighted by Gasteiger charge is -2.72.